The molecule has 3 aromatic carbocycles. The summed E-state index contributed by atoms with van der Waals surface area (Å²) in [6.07, 6.45) is 0.922. The van der Waals surface area contributed by atoms with E-state index in [1.807, 2.05) is 12.1 Å². The molecule has 0 saturated carbocycles. The van der Waals surface area contributed by atoms with E-state index in [9.17, 15) is 0 Å². The lowest BCUT2D eigenvalue weighted by Gasteiger charge is -2.10. The summed E-state index contributed by atoms with van der Waals surface area (Å²) in [5, 5.41) is 0. The van der Waals surface area contributed by atoms with Crippen LogP contribution in [0.4, 0.5) is 0 Å². The zero-order valence-electron chi connectivity index (χ0n) is 14.9. The van der Waals surface area contributed by atoms with Gasteiger partial charge in [-0.25, -0.2) is 0 Å². The second kappa shape index (κ2) is 6.92. The van der Waals surface area contributed by atoms with E-state index < -0.39 is 0 Å². The molecule has 0 saturated heterocycles. The highest BCUT2D eigenvalue weighted by molar-refractivity contribution is 5.40. The van der Waals surface area contributed by atoms with E-state index in [0.29, 0.717) is 0 Å². The van der Waals surface area contributed by atoms with Crippen molar-refractivity contribution in [3.8, 4) is 11.5 Å². The molecule has 0 radical (unpaired) electrons. The maximum Gasteiger partial charge on any atom is 0.127 e. The van der Waals surface area contributed by atoms with Crippen molar-refractivity contribution >= 4 is 0 Å². The van der Waals surface area contributed by atoms with Crippen LogP contribution in [0.1, 0.15) is 33.4 Å². The van der Waals surface area contributed by atoms with Crippen LogP contribution < -0.4 is 4.74 Å². The lowest BCUT2D eigenvalue weighted by atomic mass is 10.0. The second-order valence-electron chi connectivity index (χ2n) is 6.59. The zero-order chi connectivity index (χ0) is 17.1. The third-order valence-electron chi connectivity index (χ3n) is 4.59. The molecule has 0 aliphatic carbocycles. The zero-order valence-corrected chi connectivity index (χ0v) is 14.9. The molecule has 0 bridgehead atoms. The maximum absolute atomic E-state index is 6.04. The predicted octanol–water partition coefficient (Wildman–Crippen LogP) is 6.30. The number of rotatable bonds is 4. The van der Waals surface area contributed by atoms with Crippen molar-refractivity contribution in [2.45, 2.75) is 34.1 Å². The Bertz CT molecular complexity index is 793. The Morgan fingerprint density at radius 2 is 1.21 bits per heavy atom. The van der Waals surface area contributed by atoms with E-state index >= 15 is 0 Å². The summed E-state index contributed by atoms with van der Waals surface area (Å²) in [5.74, 6) is 1.78. The summed E-state index contributed by atoms with van der Waals surface area (Å²) < 4.78 is 6.04. The molecule has 0 spiro atoms. The SMILES string of the molecule is Cc1ccc(Cc2cccc(Oc3ccc(C)c(C)c3)c2)cc1C. The molecule has 0 aliphatic heterocycles. The van der Waals surface area contributed by atoms with Gasteiger partial charge in [-0.05, 0) is 91.8 Å². The Kier molecular flexibility index (Phi) is 4.71. The van der Waals surface area contributed by atoms with E-state index in [-0.39, 0.29) is 0 Å². The van der Waals surface area contributed by atoms with Gasteiger partial charge in [-0.15, -0.1) is 0 Å². The lowest BCUT2D eigenvalue weighted by Crippen LogP contribution is -1.92. The molecule has 1 heteroatoms. The fourth-order valence-corrected chi connectivity index (χ4v) is 2.78. The Morgan fingerprint density at radius 1 is 0.583 bits per heavy atom. The smallest absolute Gasteiger partial charge is 0.127 e. The average molecular weight is 316 g/mol. The summed E-state index contributed by atoms with van der Waals surface area (Å²) in [6, 6.07) is 21.2. The molecule has 3 rings (SSSR count). The van der Waals surface area contributed by atoms with Gasteiger partial charge in [-0.1, -0.05) is 36.4 Å². The average Bonchev–Trinajstić information content (AvgIpc) is 2.55. The van der Waals surface area contributed by atoms with Crippen molar-refractivity contribution in [3.63, 3.8) is 0 Å². The van der Waals surface area contributed by atoms with Crippen molar-refractivity contribution in [2.75, 3.05) is 0 Å². The number of ether oxygens (including phenoxy) is 1. The van der Waals surface area contributed by atoms with Gasteiger partial charge in [0.05, 0.1) is 0 Å². The molecule has 0 heterocycles. The van der Waals surface area contributed by atoms with Crippen molar-refractivity contribution in [2.24, 2.45) is 0 Å². The van der Waals surface area contributed by atoms with Gasteiger partial charge in [0.2, 0.25) is 0 Å². The van der Waals surface area contributed by atoms with Gasteiger partial charge in [0.1, 0.15) is 11.5 Å². The van der Waals surface area contributed by atoms with Crippen molar-refractivity contribution in [3.05, 3.63) is 94.0 Å². The summed E-state index contributed by atoms with van der Waals surface area (Å²) >= 11 is 0. The van der Waals surface area contributed by atoms with Crippen LogP contribution in [0.25, 0.3) is 0 Å². The number of hydrogen-bond acceptors (Lipinski definition) is 1. The predicted molar refractivity (Wildman–Crippen MR) is 101 cm³/mol. The van der Waals surface area contributed by atoms with Crippen LogP contribution in [-0.4, -0.2) is 0 Å². The van der Waals surface area contributed by atoms with Crippen molar-refractivity contribution < 1.29 is 4.74 Å². The summed E-state index contributed by atoms with van der Waals surface area (Å²) in [6.45, 7) is 8.54. The molecular weight excluding hydrogens is 292 g/mol. The van der Waals surface area contributed by atoms with Gasteiger partial charge in [-0.3, -0.25) is 0 Å². The van der Waals surface area contributed by atoms with E-state index in [1.54, 1.807) is 0 Å². The van der Waals surface area contributed by atoms with Gasteiger partial charge in [0, 0.05) is 0 Å². The van der Waals surface area contributed by atoms with Gasteiger partial charge in [0.25, 0.3) is 0 Å². The molecule has 0 atom stereocenters. The molecule has 0 aliphatic rings. The number of hydrogen-bond donors (Lipinski definition) is 0. The standard InChI is InChI=1S/C23H24O/c1-16-8-10-21(12-18(16)3)14-20-6-5-7-22(15-20)24-23-11-9-17(2)19(4)13-23/h5-13,15H,14H2,1-4H3. The molecule has 0 aromatic heterocycles. The number of aryl methyl sites for hydroxylation is 4. The first-order valence-electron chi connectivity index (χ1n) is 8.41. The Balaban J connectivity index is 1.78. The highest BCUT2D eigenvalue weighted by Crippen LogP contribution is 2.25. The van der Waals surface area contributed by atoms with Gasteiger partial charge < -0.3 is 4.74 Å². The minimum atomic E-state index is 0.889. The molecule has 24 heavy (non-hydrogen) atoms. The molecule has 0 N–H and O–H groups in total. The third-order valence-corrected chi connectivity index (χ3v) is 4.59. The minimum absolute atomic E-state index is 0.889. The fourth-order valence-electron chi connectivity index (χ4n) is 2.78. The molecular formula is C23H24O. The van der Waals surface area contributed by atoms with Crippen LogP contribution in [0.15, 0.2) is 60.7 Å². The quantitative estimate of drug-likeness (QED) is 0.548. The molecule has 0 unspecified atom stereocenters. The molecule has 0 amide bonds. The van der Waals surface area contributed by atoms with Gasteiger partial charge in [-0.2, -0.15) is 0 Å². The first-order valence-corrected chi connectivity index (χ1v) is 8.41. The Labute approximate surface area is 144 Å². The minimum Gasteiger partial charge on any atom is -0.457 e. The highest BCUT2D eigenvalue weighted by atomic mass is 16.5. The maximum atomic E-state index is 6.04. The van der Waals surface area contributed by atoms with Gasteiger partial charge in [0.15, 0.2) is 0 Å². The van der Waals surface area contributed by atoms with Crippen LogP contribution in [-0.2, 0) is 6.42 Å². The fraction of sp³-hybridized carbons (Fsp3) is 0.217. The summed E-state index contributed by atoms with van der Waals surface area (Å²) in [5.41, 5.74) is 7.81. The third kappa shape index (κ3) is 3.86. The normalized spacial score (nSPS) is 10.7. The number of benzene rings is 3. The van der Waals surface area contributed by atoms with E-state index in [4.69, 9.17) is 4.74 Å². The van der Waals surface area contributed by atoms with E-state index in [0.717, 1.165) is 17.9 Å². The van der Waals surface area contributed by atoms with E-state index in [2.05, 4.69) is 76.2 Å². The Morgan fingerprint density at radius 3 is 1.92 bits per heavy atom. The second-order valence-corrected chi connectivity index (χ2v) is 6.59. The molecule has 1 nitrogen and oxygen atoms in total. The first kappa shape index (κ1) is 16.3. The molecule has 122 valence electrons. The van der Waals surface area contributed by atoms with Crippen molar-refractivity contribution in [1.82, 2.24) is 0 Å². The Hall–Kier alpha value is -2.54. The summed E-state index contributed by atoms with van der Waals surface area (Å²) in [4.78, 5) is 0. The lowest BCUT2D eigenvalue weighted by molar-refractivity contribution is 0.481. The topological polar surface area (TPSA) is 9.23 Å². The first-order chi connectivity index (χ1) is 11.5. The monoisotopic (exact) mass is 316 g/mol. The molecule has 3 aromatic rings. The van der Waals surface area contributed by atoms with Crippen molar-refractivity contribution in [1.29, 1.82) is 0 Å². The van der Waals surface area contributed by atoms with Crippen LogP contribution in [0.2, 0.25) is 0 Å². The summed E-state index contributed by atoms with van der Waals surface area (Å²) in [7, 11) is 0. The molecule has 0 fully saturated rings. The largest absolute Gasteiger partial charge is 0.457 e. The van der Waals surface area contributed by atoms with Gasteiger partial charge >= 0.3 is 0 Å². The van der Waals surface area contributed by atoms with Crippen LogP contribution >= 0.6 is 0 Å². The van der Waals surface area contributed by atoms with Crippen LogP contribution in [0, 0.1) is 27.7 Å². The van der Waals surface area contributed by atoms with E-state index in [1.165, 1.54) is 33.4 Å². The van der Waals surface area contributed by atoms with Crippen LogP contribution in [0.5, 0.6) is 11.5 Å². The van der Waals surface area contributed by atoms with Crippen LogP contribution in [0.3, 0.4) is 0 Å². The highest BCUT2D eigenvalue weighted by Gasteiger charge is 2.03.